The highest BCUT2D eigenvalue weighted by atomic mass is 16.5. The van der Waals surface area contributed by atoms with E-state index in [1.54, 1.807) is 20.9 Å². The highest BCUT2D eigenvalue weighted by Crippen LogP contribution is 2.25. The fourth-order valence-corrected chi connectivity index (χ4v) is 2.20. The van der Waals surface area contributed by atoms with E-state index in [4.69, 9.17) is 4.74 Å². The minimum atomic E-state index is -0.904. The largest absolute Gasteiger partial charge is 0.491 e. The molecule has 2 amide bonds. The Morgan fingerprint density at radius 1 is 1.36 bits per heavy atom. The number of nitrogens with one attached hydrogen (secondary N) is 1. The predicted octanol–water partition coefficient (Wildman–Crippen LogP) is 2.60. The van der Waals surface area contributed by atoms with Gasteiger partial charge in [0.15, 0.2) is 0 Å². The van der Waals surface area contributed by atoms with Crippen LogP contribution in [0.25, 0.3) is 0 Å². The number of benzene rings is 1. The third kappa shape index (κ3) is 6.35. The molecule has 0 aliphatic heterocycles. The average molecular weight is 308 g/mol. The van der Waals surface area contributed by atoms with E-state index in [0.717, 1.165) is 11.3 Å². The van der Waals surface area contributed by atoms with Crippen molar-refractivity contribution in [2.45, 2.75) is 39.2 Å². The van der Waals surface area contributed by atoms with Crippen LogP contribution in [0.4, 0.5) is 4.79 Å². The topological polar surface area (TPSA) is 61.8 Å². The quantitative estimate of drug-likeness (QED) is 0.761. The van der Waals surface area contributed by atoms with Crippen LogP contribution >= 0.6 is 0 Å². The first kappa shape index (κ1) is 18.3. The van der Waals surface area contributed by atoms with Crippen LogP contribution in [-0.4, -0.2) is 48.4 Å². The van der Waals surface area contributed by atoms with Gasteiger partial charge in [0.25, 0.3) is 0 Å². The number of urea groups is 1. The van der Waals surface area contributed by atoms with Crippen LogP contribution in [0.2, 0.25) is 0 Å². The summed E-state index contributed by atoms with van der Waals surface area (Å²) < 4.78 is 5.75. The summed E-state index contributed by atoms with van der Waals surface area (Å²) in [7, 11) is 1.65. The molecule has 5 heteroatoms. The van der Waals surface area contributed by atoms with E-state index < -0.39 is 5.60 Å². The number of nitrogens with zero attached hydrogens (tertiary/aromatic N) is 1. The Labute approximate surface area is 133 Å². The Bertz CT molecular complexity index is 481. The average Bonchev–Trinajstić information content (AvgIpc) is 2.41. The first-order valence-corrected chi connectivity index (χ1v) is 7.64. The van der Waals surface area contributed by atoms with Gasteiger partial charge in [-0.2, -0.15) is 0 Å². The van der Waals surface area contributed by atoms with Crippen molar-refractivity contribution in [2.75, 3.05) is 26.7 Å². The highest BCUT2D eigenvalue weighted by molar-refractivity contribution is 5.73. The van der Waals surface area contributed by atoms with Crippen molar-refractivity contribution < 1.29 is 14.6 Å². The van der Waals surface area contributed by atoms with E-state index in [0.29, 0.717) is 19.1 Å². The number of rotatable bonds is 7. The fraction of sp³-hybridized carbons (Fsp3) is 0.588. The molecule has 0 saturated heterocycles. The molecule has 1 aromatic rings. The van der Waals surface area contributed by atoms with Gasteiger partial charge in [-0.05, 0) is 31.4 Å². The van der Waals surface area contributed by atoms with E-state index in [-0.39, 0.29) is 12.6 Å². The van der Waals surface area contributed by atoms with E-state index >= 15 is 0 Å². The normalized spacial score (nSPS) is 11.4. The highest BCUT2D eigenvalue weighted by Gasteiger charge is 2.18. The van der Waals surface area contributed by atoms with Crippen LogP contribution in [0, 0.1) is 0 Å². The molecular weight excluding hydrogens is 280 g/mol. The Balaban J connectivity index is 2.38. The molecule has 124 valence electrons. The second-order valence-electron chi connectivity index (χ2n) is 6.44. The van der Waals surface area contributed by atoms with Gasteiger partial charge in [0.05, 0.1) is 18.7 Å². The summed E-state index contributed by atoms with van der Waals surface area (Å²) in [6, 6.07) is 7.71. The van der Waals surface area contributed by atoms with Crippen LogP contribution in [0.15, 0.2) is 24.3 Å². The molecule has 0 aromatic heterocycles. The summed E-state index contributed by atoms with van der Waals surface area (Å²) in [6.07, 6.45) is 0. The minimum Gasteiger partial charge on any atom is -0.491 e. The van der Waals surface area contributed by atoms with Crippen molar-refractivity contribution >= 4 is 6.03 Å². The number of likely N-dealkylation sites (N-methyl/N-ethyl adjacent to an activating group) is 1. The summed E-state index contributed by atoms with van der Waals surface area (Å²) in [5.41, 5.74) is 0.256. The van der Waals surface area contributed by atoms with Crippen LogP contribution in [-0.2, 0) is 0 Å². The van der Waals surface area contributed by atoms with Gasteiger partial charge < -0.3 is 20.1 Å². The number of carbonyl (C=O) groups is 1. The second-order valence-corrected chi connectivity index (χ2v) is 6.44. The van der Waals surface area contributed by atoms with Gasteiger partial charge >= 0.3 is 6.03 Å². The Kier molecular flexibility index (Phi) is 6.68. The monoisotopic (exact) mass is 308 g/mol. The fourth-order valence-electron chi connectivity index (χ4n) is 2.20. The van der Waals surface area contributed by atoms with Crippen molar-refractivity contribution in [3.8, 4) is 5.75 Å². The number of hydrogen-bond acceptors (Lipinski definition) is 3. The molecule has 0 fully saturated rings. The van der Waals surface area contributed by atoms with Crippen molar-refractivity contribution in [2.24, 2.45) is 0 Å². The van der Waals surface area contributed by atoms with Crippen molar-refractivity contribution in [1.29, 1.82) is 0 Å². The maximum absolute atomic E-state index is 11.9. The maximum atomic E-state index is 11.9. The van der Waals surface area contributed by atoms with Crippen LogP contribution in [0.3, 0.4) is 0 Å². The first-order chi connectivity index (χ1) is 10.2. The molecule has 2 N–H and O–H groups in total. The molecule has 0 saturated carbocycles. The van der Waals surface area contributed by atoms with Crippen LogP contribution in [0.1, 0.15) is 39.2 Å². The van der Waals surface area contributed by atoms with Crippen molar-refractivity contribution in [3.63, 3.8) is 0 Å². The molecule has 22 heavy (non-hydrogen) atoms. The lowest BCUT2D eigenvalue weighted by atomic mass is 10.0. The van der Waals surface area contributed by atoms with Gasteiger partial charge in [-0.3, -0.25) is 0 Å². The van der Waals surface area contributed by atoms with Gasteiger partial charge in [0.2, 0.25) is 0 Å². The third-order valence-corrected chi connectivity index (χ3v) is 3.15. The molecule has 1 aromatic carbocycles. The van der Waals surface area contributed by atoms with Gasteiger partial charge in [-0.25, -0.2) is 4.79 Å². The lowest BCUT2D eigenvalue weighted by molar-refractivity contribution is 0.0531. The number of carbonyl (C=O) groups excluding carboxylic acids is 1. The minimum absolute atomic E-state index is 0.220. The molecule has 5 nitrogen and oxygen atoms in total. The molecule has 0 radical (unpaired) electrons. The number of hydrogen-bond donors (Lipinski definition) is 2. The lowest BCUT2D eigenvalue weighted by Crippen LogP contribution is -2.45. The van der Waals surface area contributed by atoms with E-state index in [9.17, 15) is 9.90 Å². The summed E-state index contributed by atoms with van der Waals surface area (Å²) in [5.74, 6) is 1.25. The van der Waals surface area contributed by atoms with Gasteiger partial charge in [-0.15, -0.1) is 0 Å². The molecule has 0 atom stereocenters. The summed E-state index contributed by atoms with van der Waals surface area (Å²) >= 11 is 0. The first-order valence-electron chi connectivity index (χ1n) is 7.64. The standard InChI is InChI=1S/C17H28N2O3/c1-13(2)14-8-6-7-9-15(14)22-11-10-18-16(20)19(5)12-17(3,4)21/h6-9,13,21H,10-12H2,1-5H3,(H,18,20). The summed E-state index contributed by atoms with van der Waals surface area (Å²) in [4.78, 5) is 13.3. The maximum Gasteiger partial charge on any atom is 0.317 e. The molecule has 0 aliphatic carbocycles. The predicted molar refractivity (Wildman–Crippen MR) is 88.4 cm³/mol. The molecule has 0 spiro atoms. The van der Waals surface area contributed by atoms with E-state index in [2.05, 4.69) is 25.2 Å². The Hall–Kier alpha value is -1.75. The van der Waals surface area contributed by atoms with E-state index in [1.807, 2.05) is 18.2 Å². The SMILES string of the molecule is CC(C)c1ccccc1OCCNC(=O)N(C)CC(C)(C)O. The Morgan fingerprint density at radius 3 is 2.59 bits per heavy atom. The van der Waals surface area contributed by atoms with E-state index in [1.165, 1.54) is 4.90 Å². The lowest BCUT2D eigenvalue weighted by Gasteiger charge is -2.25. The molecule has 0 aliphatic rings. The number of aliphatic hydroxyl groups is 1. The van der Waals surface area contributed by atoms with Gasteiger partial charge in [0.1, 0.15) is 12.4 Å². The zero-order valence-electron chi connectivity index (χ0n) is 14.2. The number of para-hydroxylation sites is 1. The number of ether oxygens (including phenoxy) is 1. The summed E-state index contributed by atoms with van der Waals surface area (Å²) in [5, 5.41) is 12.5. The molecule has 0 bridgehead atoms. The zero-order valence-corrected chi connectivity index (χ0v) is 14.2. The third-order valence-electron chi connectivity index (χ3n) is 3.15. The van der Waals surface area contributed by atoms with Crippen molar-refractivity contribution in [3.05, 3.63) is 29.8 Å². The molecule has 0 unspecified atom stereocenters. The van der Waals surface area contributed by atoms with Crippen LogP contribution < -0.4 is 10.1 Å². The summed E-state index contributed by atoms with van der Waals surface area (Å²) in [6.45, 7) is 8.68. The molecule has 0 heterocycles. The Morgan fingerprint density at radius 2 is 2.00 bits per heavy atom. The molecule has 1 rings (SSSR count). The van der Waals surface area contributed by atoms with Gasteiger partial charge in [0, 0.05) is 7.05 Å². The van der Waals surface area contributed by atoms with Crippen LogP contribution in [0.5, 0.6) is 5.75 Å². The smallest absolute Gasteiger partial charge is 0.317 e. The van der Waals surface area contributed by atoms with Gasteiger partial charge in [-0.1, -0.05) is 32.0 Å². The van der Waals surface area contributed by atoms with Crippen molar-refractivity contribution in [1.82, 2.24) is 10.2 Å². The molecular formula is C17H28N2O3. The zero-order chi connectivity index (χ0) is 16.8. The second kappa shape index (κ2) is 8.03. The number of amides is 2.